The fourth-order valence-electron chi connectivity index (χ4n) is 3.63. The Morgan fingerprint density at radius 3 is 2.48 bits per heavy atom. The van der Waals surface area contributed by atoms with Gasteiger partial charge in [0.15, 0.2) is 0 Å². The molecule has 4 rings (SSSR count). The number of ether oxygens (including phenoxy) is 2. The maximum atomic E-state index is 12.8. The number of amides is 2. The van der Waals surface area contributed by atoms with Gasteiger partial charge in [-0.05, 0) is 43.2 Å². The van der Waals surface area contributed by atoms with Gasteiger partial charge in [0.1, 0.15) is 18.5 Å². The van der Waals surface area contributed by atoms with Crippen LogP contribution in [0.2, 0.25) is 0 Å². The Morgan fingerprint density at radius 1 is 1.07 bits per heavy atom. The van der Waals surface area contributed by atoms with Crippen LogP contribution in [0.5, 0.6) is 5.75 Å². The zero-order valence-electron chi connectivity index (χ0n) is 16.3. The zero-order chi connectivity index (χ0) is 20.1. The van der Waals surface area contributed by atoms with Crippen LogP contribution in [0.15, 0.2) is 48.8 Å². The third-order valence-electron chi connectivity index (χ3n) is 5.31. The van der Waals surface area contributed by atoms with E-state index >= 15 is 0 Å². The summed E-state index contributed by atoms with van der Waals surface area (Å²) in [5, 5.41) is 0. The number of carbonyl (C=O) groups is 2. The molecule has 1 unspecified atom stereocenters. The van der Waals surface area contributed by atoms with Crippen molar-refractivity contribution >= 4 is 11.8 Å². The molecule has 3 heterocycles. The van der Waals surface area contributed by atoms with Crippen molar-refractivity contribution in [1.82, 2.24) is 14.8 Å². The smallest absolute Gasteiger partial charge is 0.253 e. The Kier molecular flexibility index (Phi) is 6.05. The van der Waals surface area contributed by atoms with Crippen LogP contribution >= 0.6 is 0 Å². The highest BCUT2D eigenvalue weighted by Gasteiger charge is 2.31. The van der Waals surface area contributed by atoms with E-state index in [0.29, 0.717) is 50.7 Å². The first-order valence-electron chi connectivity index (χ1n) is 10.0. The van der Waals surface area contributed by atoms with Gasteiger partial charge in [0.05, 0.1) is 0 Å². The first-order chi connectivity index (χ1) is 14.2. The number of hydrogen-bond acceptors (Lipinski definition) is 5. The van der Waals surface area contributed by atoms with E-state index in [-0.39, 0.29) is 17.9 Å². The second kappa shape index (κ2) is 9.05. The van der Waals surface area contributed by atoms with Crippen LogP contribution < -0.4 is 4.74 Å². The second-order valence-electron chi connectivity index (χ2n) is 7.29. The molecular formula is C22H25N3O4. The molecule has 7 nitrogen and oxygen atoms in total. The van der Waals surface area contributed by atoms with E-state index in [1.54, 1.807) is 41.6 Å². The van der Waals surface area contributed by atoms with Gasteiger partial charge < -0.3 is 19.3 Å². The molecule has 0 aliphatic carbocycles. The van der Waals surface area contributed by atoms with Gasteiger partial charge in [0.25, 0.3) is 11.8 Å². The molecule has 2 saturated heterocycles. The summed E-state index contributed by atoms with van der Waals surface area (Å²) >= 11 is 0. The minimum Gasteiger partial charge on any atom is -0.489 e. The summed E-state index contributed by atoms with van der Waals surface area (Å²) < 4.78 is 11.2. The normalized spacial score (nSPS) is 19.2. The lowest BCUT2D eigenvalue weighted by Gasteiger charge is -2.35. The largest absolute Gasteiger partial charge is 0.489 e. The average molecular weight is 395 g/mol. The molecule has 0 saturated carbocycles. The molecule has 7 heteroatoms. The Hall–Kier alpha value is -2.93. The summed E-state index contributed by atoms with van der Waals surface area (Å²) in [6, 6.07) is 11.0. The van der Waals surface area contributed by atoms with Crippen molar-refractivity contribution in [2.24, 2.45) is 0 Å². The average Bonchev–Trinajstić information content (AvgIpc) is 3.33. The number of nitrogens with zero attached hydrogens (tertiary/aromatic N) is 3. The van der Waals surface area contributed by atoms with Gasteiger partial charge in [-0.2, -0.15) is 0 Å². The topological polar surface area (TPSA) is 72.0 Å². The zero-order valence-corrected chi connectivity index (χ0v) is 16.3. The quantitative estimate of drug-likeness (QED) is 0.776. The molecule has 2 fully saturated rings. The predicted molar refractivity (Wildman–Crippen MR) is 106 cm³/mol. The molecule has 2 aliphatic rings. The van der Waals surface area contributed by atoms with Crippen molar-refractivity contribution in [3.05, 3.63) is 59.9 Å². The highest BCUT2D eigenvalue weighted by molar-refractivity contribution is 5.94. The van der Waals surface area contributed by atoms with Gasteiger partial charge in [-0.25, -0.2) is 0 Å². The monoisotopic (exact) mass is 395 g/mol. The van der Waals surface area contributed by atoms with Gasteiger partial charge in [-0.3, -0.25) is 14.6 Å². The summed E-state index contributed by atoms with van der Waals surface area (Å²) in [6.45, 7) is 3.28. The molecule has 0 bridgehead atoms. The molecular weight excluding hydrogens is 370 g/mol. The van der Waals surface area contributed by atoms with Gasteiger partial charge in [-0.1, -0.05) is 6.07 Å². The summed E-state index contributed by atoms with van der Waals surface area (Å²) in [5.41, 5.74) is 1.61. The van der Waals surface area contributed by atoms with Crippen LogP contribution in [-0.4, -0.2) is 65.5 Å². The Bertz CT molecular complexity index is 827. The van der Waals surface area contributed by atoms with Crippen LogP contribution in [-0.2, 0) is 16.1 Å². The highest BCUT2D eigenvalue weighted by Crippen LogP contribution is 2.18. The minimum atomic E-state index is -0.295. The molecule has 152 valence electrons. The summed E-state index contributed by atoms with van der Waals surface area (Å²) in [7, 11) is 0. The van der Waals surface area contributed by atoms with Crippen molar-refractivity contribution in [3.8, 4) is 5.75 Å². The van der Waals surface area contributed by atoms with E-state index in [9.17, 15) is 9.59 Å². The number of aromatic nitrogens is 1. The van der Waals surface area contributed by atoms with Gasteiger partial charge in [-0.15, -0.1) is 0 Å². The molecule has 1 atom stereocenters. The van der Waals surface area contributed by atoms with E-state index in [1.807, 2.05) is 17.0 Å². The fraction of sp³-hybridized carbons (Fsp3) is 0.409. The Morgan fingerprint density at radius 2 is 1.83 bits per heavy atom. The van der Waals surface area contributed by atoms with Crippen LogP contribution in [0.25, 0.3) is 0 Å². The summed E-state index contributed by atoms with van der Waals surface area (Å²) in [4.78, 5) is 32.9. The predicted octanol–water partition coefficient (Wildman–Crippen LogP) is 2.12. The Balaban J connectivity index is 1.28. The molecule has 2 aliphatic heterocycles. The number of rotatable bonds is 5. The molecule has 0 radical (unpaired) electrons. The molecule has 1 aromatic heterocycles. The van der Waals surface area contributed by atoms with Crippen molar-refractivity contribution in [3.63, 3.8) is 0 Å². The van der Waals surface area contributed by atoms with Crippen LogP contribution in [0.4, 0.5) is 0 Å². The number of pyridine rings is 1. The van der Waals surface area contributed by atoms with E-state index in [2.05, 4.69) is 4.98 Å². The third kappa shape index (κ3) is 4.74. The SMILES string of the molecule is O=C(c1ccc(OCc2cccnc2)cc1)N1CCN(C(=O)C2CCCO2)CC1. The van der Waals surface area contributed by atoms with Crippen molar-refractivity contribution < 1.29 is 19.1 Å². The van der Waals surface area contributed by atoms with Crippen molar-refractivity contribution in [1.29, 1.82) is 0 Å². The van der Waals surface area contributed by atoms with Gasteiger partial charge in [0.2, 0.25) is 0 Å². The lowest BCUT2D eigenvalue weighted by Crippen LogP contribution is -2.52. The van der Waals surface area contributed by atoms with Crippen LogP contribution in [0.1, 0.15) is 28.8 Å². The Labute approximate surface area is 170 Å². The fourth-order valence-corrected chi connectivity index (χ4v) is 3.63. The standard InChI is InChI=1S/C22H25N3O4/c26-21(24-10-12-25(13-11-24)22(27)20-4-2-14-28-20)18-5-7-19(8-6-18)29-16-17-3-1-9-23-15-17/h1,3,5-9,15,20H,2,4,10-14,16H2. The highest BCUT2D eigenvalue weighted by atomic mass is 16.5. The molecule has 29 heavy (non-hydrogen) atoms. The second-order valence-corrected chi connectivity index (χ2v) is 7.29. The first-order valence-corrected chi connectivity index (χ1v) is 10.0. The van der Waals surface area contributed by atoms with Gasteiger partial charge in [0, 0.05) is 56.3 Å². The number of hydrogen-bond donors (Lipinski definition) is 0. The third-order valence-corrected chi connectivity index (χ3v) is 5.31. The minimum absolute atomic E-state index is 0.0203. The number of piperazine rings is 1. The molecule has 0 N–H and O–H groups in total. The van der Waals surface area contributed by atoms with E-state index < -0.39 is 0 Å². The van der Waals surface area contributed by atoms with E-state index in [0.717, 1.165) is 18.4 Å². The van der Waals surface area contributed by atoms with Crippen LogP contribution in [0, 0.1) is 0 Å². The summed E-state index contributed by atoms with van der Waals surface area (Å²) in [5.74, 6) is 0.745. The lowest BCUT2D eigenvalue weighted by molar-refractivity contribution is -0.142. The van der Waals surface area contributed by atoms with Crippen molar-refractivity contribution in [2.75, 3.05) is 32.8 Å². The molecule has 1 aromatic carbocycles. The molecule has 2 amide bonds. The van der Waals surface area contributed by atoms with E-state index in [4.69, 9.17) is 9.47 Å². The maximum absolute atomic E-state index is 12.8. The first kappa shape index (κ1) is 19.4. The number of benzene rings is 1. The van der Waals surface area contributed by atoms with E-state index in [1.165, 1.54) is 0 Å². The van der Waals surface area contributed by atoms with Crippen molar-refractivity contribution in [2.45, 2.75) is 25.6 Å². The number of carbonyl (C=O) groups excluding carboxylic acids is 2. The molecule has 0 spiro atoms. The summed E-state index contributed by atoms with van der Waals surface area (Å²) in [6.07, 6.45) is 4.93. The van der Waals surface area contributed by atoms with Crippen LogP contribution in [0.3, 0.4) is 0 Å². The van der Waals surface area contributed by atoms with Gasteiger partial charge >= 0.3 is 0 Å². The maximum Gasteiger partial charge on any atom is 0.253 e. The lowest BCUT2D eigenvalue weighted by atomic mass is 10.1. The molecule has 2 aromatic rings.